The number of ether oxygens (including phenoxy) is 2. The van der Waals surface area contributed by atoms with Gasteiger partial charge < -0.3 is 9.47 Å². The summed E-state index contributed by atoms with van der Waals surface area (Å²) in [4.78, 5) is 0. The van der Waals surface area contributed by atoms with Crippen molar-refractivity contribution in [1.29, 1.82) is 0 Å². The molecule has 1 aromatic carbocycles. The van der Waals surface area contributed by atoms with Crippen LogP contribution >= 0.6 is 0 Å². The summed E-state index contributed by atoms with van der Waals surface area (Å²) in [5, 5.41) is 0. The lowest BCUT2D eigenvalue weighted by Gasteiger charge is -2.27. The Hall–Kier alpha value is -1.18. The van der Waals surface area contributed by atoms with E-state index < -0.39 is 0 Å². The topological polar surface area (TPSA) is 18.5 Å². The Morgan fingerprint density at radius 2 is 1.62 bits per heavy atom. The van der Waals surface area contributed by atoms with Gasteiger partial charge in [-0.2, -0.15) is 0 Å². The van der Waals surface area contributed by atoms with E-state index in [0.717, 1.165) is 24.3 Å². The Balaban J connectivity index is 3.16. The van der Waals surface area contributed by atoms with Gasteiger partial charge in [0.1, 0.15) is 0 Å². The van der Waals surface area contributed by atoms with Crippen LogP contribution in [0.25, 0.3) is 0 Å². The number of benzene rings is 1. The van der Waals surface area contributed by atoms with Gasteiger partial charge in [0.15, 0.2) is 11.5 Å². The number of hydrogen-bond donors (Lipinski definition) is 0. The summed E-state index contributed by atoms with van der Waals surface area (Å²) >= 11 is 0. The van der Waals surface area contributed by atoms with Crippen molar-refractivity contribution in [2.45, 2.75) is 32.1 Å². The van der Waals surface area contributed by atoms with Crippen molar-refractivity contribution in [2.24, 2.45) is 0 Å². The quantitative estimate of drug-likeness (QED) is 0.756. The van der Waals surface area contributed by atoms with Gasteiger partial charge in [-0.15, -0.1) is 0 Å². The summed E-state index contributed by atoms with van der Waals surface area (Å²) < 4.78 is 10.5. The van der Waals surface area contributed by atoms with E-state index in [4.69, 9.17) is 9.47 Å². The van der Waals surface area contributed by atoms with Crippen molar-refractivity contribution in [3.63, 3.8) is 0 Å². The highest BCUT2D eigenvalue weighted by Crippen LogP contribution is 2.36. The zero-order valence-corrected chi connectivity index (χ0v) is 10.7. The fourth-order valence-corrected chi connectivity index (χ4v) is 1.82. The van der Waals surface area contributed by atoms with Crippen LogP contribution in [0.5, 0.6) is 11.5 Å². The summed E-state index contributed by atoms with van der Waals surface area (Å²) in [5.74, 6) is 1.54. The van der Waals surface area contributed by atoms with Gasteiger partial charge in [-0.1, -0.05) is 19.9 Å². The molecule has 0 fully saturated rings. The molecule has 2 nitrogen and oxygen atoms in total. The van der Waals surface area contributed by atoms with Gasteiger partial charge in [0.2, 0.25) is 0 Å². The molecular weight excluding hydrogens is 200 g/mol. The second kappa shape index (κ2) is 5.24. The van der Waals surface area contributed by atoms with Crippen LogP contribution in [0.4, 0.5) is 0 Å². The Bertz CT molecular complexity index is 341. The third-order valence-electron chi connectivity index (χ3n) is 3.35. The van der Waals surface area contributed by atoms with Gasteiger partial charge in [-0.3, -0.25) is 0 Å². The molecule has 0 heterocycles. The molecule has 16 heavy (non-hydrogen) atoms. The van der Waals surface area contributed by atoms with Crippen LogP contribution in [0, 0.1) is 6.92 Å². The molecule has 0 saturated heterocycles. The first-order valence-corrected chi connectivity index (χ1v) is 5.69. The van der Waals surface area contributed by atoms with Gasteiger partial charge in [-0.25, -0.2) is 0 Å². The molecular formula is C14H21O2. The number of methoxy groups -OCH3 is 2. The maximum Gasteiger partial charge on any atom is 0.161 e. The Morgan fingerprint density at radius 1 is 1.06 bits per heavy atom. The van der Waals surface area contributed by atoms with Gasteiger partial charge >= 0.3 is 0 Å². The minimum atomic E-state index is -0.0282. The zero-order chi connectivity index (χ0) is 12.2. The van der Waals surface area contributed by atoms with Crippen molar-refractivity contribution in [3.05, 3.63) is 30.7 Å². The van der Waals surface area contributed by atoms with E-state index >= 15 is 0 Å². The highest BCUT2D eigenvalue weighted by atomic mass is 16.5. The van der Waals surface area contributed by atoms with E-state index in [1.807, 2.05) is 12.1 Å². The van der Waals surface area contributed by atoms with Crippen LogP contribution in [0.3, 0.4) is 0 Å². The van der Waals surface area contributed by atoms with Gasteiger partial charge in [0.05, 0.1) is 14.2 Å². The molecule has 89 valence electrons. The molecule has 0 aliphatic heterocycles. The van der Waals surface area contributed by atoms with Crippen LogP contribution in [0.1, 0.15) is 32.3 Å². The maximum atomic E-state index is 5.31. The van der Waals surface area contributed by atoms with Crippen molar-refractivity contribution in [2.75, 3.05) is 14.2 Å². The van der Waals surface area contributed by atoms with E-state index in [0.29, 0.717) is 0 Å². The van der Waals surface area contributed by atoms with Gasteiger partial charge in [0.25, 0.3) is 0 Å². The lowest BCUT2D eigenvalue weighted by atomic mass is 9.78. The molecule has 0 saturated carbocycles. The monoisotopic (exact) mass is 221 g/mol. The van der Waals surface area contributed by atoms with E-state index in [9.17, 15) is 0 Å². The maximum absolute atomic E-state index is 5.31. The second-order valence-corrected chi connectivity index (χ2v) is 4.06. The summed E-state index contributed by atoms with van der Waals surface area (Å²) in [7, 11) is 3.30. The van der Waals surface area contributed by atoms with Crippen molar-refractivity contribution in [3.8, 4) is 11.5 Å². The first-order valence-electron chi connectivity index (χ1n) is 5.69. The molecule has 1 rings (SSSR count). The predicted molar refractivity (Wildman–Crippen MR) is 67.2 cm³/mol. The van der Waals surface area contributed by atoms with Crippen LogP contribution in [0.2, 0.25) is 0 Å². The fraction of sp³-hybridized carbons (Fsp3) is 0.500. The minimum absolute atomic E-state index is 0.0282. The molecule has 0 spiro atoms. The lowest BCUT2D eigenvalue weighted by Crippen LogP contribution is -2.19. The van der Waals surface area contributed by atoms with Crippen LogP contribution in [0.15, 0.2) is 18.2 Å². The van der Waals surface area contributed by atoms with E-state index in [2.05, 4.69) is 26.8 Å². The van der Waals surface area contributed by atoms with Crippen molar-refractivity contribution < 1.29 is 9.47 Å². The Labute approximate surface area is 98.6 Å². The molecule has 0 aliphatic rings. The van der Waals surface area contributed by atoms with Crippen LogP contribution < -0.4 is 9.47 Å². The third kappa shape index (κ3) is 2.31. The third-order valence-corrected chi connectivity index (χ3v) is 3.35. The normalized spacial score (nSPS) is 11.3. The predicted octanol–water partition coefficient (Wildman–Crippen LogP) is 3.60. The highest BCUT2D eigenvalue weighted by Gasteiger charge is 2.23. The number of hydrogen-bond acceptors (Lipinski definition) is 2. The smallest absolute Gasteiger partial charge is 0.161 e. The van der Waals surface area contributed by atoms with Crippen molar-refractivity contribution in [1.82, 2.24) is 0 Å². The molecule has 0 aliphatic carbocycles. The first-order chi connectivity index (χ1) is 7.61. The SMILES string of the molecule is [CH2]C(CC)(CC)c1ccc(OC)c(OC)c1. The largest absolute Gasteiger partial charge is 0.493 e. The highest BCUT2D eigenvalue weighted by molar-refractivity contribution is 5.45. The van der Waals surface area contributed by atoms with Crippen molar-refractivity contribution >= 4 is 0 Å². The minimum Gasteiger partial charge on any atom is -0.493 e. The molecule has 0 unspecified atom stereocenters. The Kier molecular flexibility index (Phi) is 4.22. The van der Waals surface area contributed by atoms with Gasteiger partial charge in [-0.05, 0) is 42.9 Å². The molecule has 1 aromatic rings. The van der Waals surface area contributed by atoms with E-state index in [1.54, 1.807) is 14.2 Å². The summed E-state index contributed by atoms with van der Waals surface area (Å²) in [6.07, 6.45) is 2.03. The summed E-state index contributed by atoms with van der Waals surface area (Å²) in [6.45, 7) is 8.63. The average molecular weight is 221 g/mol. The lowest BCUT2D eigenvalue weighted by molar-refractivity contribution is 0.353. The number of rotatable bonds is 5. The zero-order valence-electron chi connectivity index (χ0n) is 10.7. The van der Waals surface area contributed by atoms with Crippen LogP contribution in [-0.4, -0.2) is 14.2 Å². The molecule has 0 atom stereocenters. The average Bonchev–Trinajstić information content (AvgIpc) is 2.36. The Morgan fingerprint density at radius 3 is 2.06 bits per heavy atom. The molecule has 0 bridgehead atoms. The summed E-state index contributed by atoms with van der Waals surface area (Å²) in [6, 6.07) is 6.04. The van der Waals surface area contributed by atoms with E-state index in [-0.39, 0.29) is 5.41 Å². The molecule has 2 heteroatoms. The molecule has 0 amide bonds. The first kappa shape index (κ1) is 12.9. The molecule has 0 aromatic heterocycles. The van der Waals surface area contributed by atoms with E-state index in [1.165, 1.54) is 5.56 Å². The van der Waals surface area contributed by atoms with Crippen LogP contribution in [-0.2, 0) is 5.41 Å². The second-order valence-electron chi connectivity index (χ2n) is 4.06. The fourth-order valence-electron chi connectivity index (χ4n) is 1.82. The summed E-state index contributed by atoms with van der Waals surface area (Å²) in [5.41, 5.74) is 1.18. The molecule has 1 radical (unpaired) electrons. The van der Waals surface area contributed by atoms with Gasteiger partial charge in [0, 0.05) is 0 Å². The standard InChI is InChI=1S/C14H21O2/c1-6-14(3,7-2)11-8-9-12(15-4)13(10-11)16-5/h8-10H,3,6-7H2,1-2,4-5H3. The molecule has 0 N–H and O–H groups in total.